The Morgan fingerprint density at radius 1 is 1.47 bits per heavy atom. The molecule has 0 saturated carbocycles. The lowest BCUT2D eigenvalue weighted by Crippen LogP contribution is -2.34. The van der Waals surface area contributed by atoms with Crippen LogP contribution in [0.2, 0.25) is 0 Å². The Labute approximate surface area is 88.7 Å². The second-order valence-electron chi connectivity index (χ2n) is 3.34. The second kappa shape index (κ2) is 5.46. The minimum atomic E-state index is -0.313. The molecular weight excluding hydrogens is 195 g/mol. The van der Waals surface area contributed by atoms with E-state index in [1.807, 2.05) is 0 Å². The van der Waals surface area contributed by atoms with Crippen molar-refractivity contribution in [2.75, 3.05) is 13.6 Å². The summed E-state index contributed by atoms with van der Waals surface area (Å²) < 4.78 is 13.3. The highest BCUT2D eigenvalue weighted by atomic mass is 19.1. The van der Waals surface area contributed by atoms with E-state index in [2.05, 4.69) is 10.6 Å². The van der Waals surface area contributed by atoms with Gasteiger partial charge in [-0.15, -0.1) is 0 Å². The average molecular weight is 210 g/mol. The van der Waals surface area contributed by atoms with Crippen molar-refractivity contribution in [2.45, 2.75) is 13.0 Å². The van der Waals surface area contributed by atoms with Gasteiger partial charge in [-0.3, -0.25) is 4.79 Å². The molecule has 0 spiro atoms. The van der Waals surface area contributed by atoms with Crippen LogP contribution >= 0.6 is 0 Å². The summed E-state index contributed by atoms with van der Waals surface area (Å²) in [6.45, 7) is 1.99. The molecule has 0 radical (unpaired) electrons. The molecule has 0 aromatic heterocycles. The predicted molar refractivity (Wildman–Crippen MR) is 56.9 cm³/mol. The average Bonchev–Trinajstić information content (AvgIpc) is 2.18. The third-order valence-electron chi connectivity index (χ3n) is 2.09. The summed E-state index contributed by atoms with van der Waals surface area (Å²) in [6, 6.07) is 6.11. The minimum Gasteiger partial charge on any atom is -0.348 e. The molecule has 0 unspecified atom stereocenters. The van der Waals surface area contributed by atoms with E-state index in [0.717, 1.165) is 0 Å². The molecule has 1 aromatic carbocycles. The molecule has 15 heavy (non-hydrogen) atoms. The number of likely N-dealkylation sites (N-methyl/N-ethyl adjacent to an activating group) is 1. The molecule has 82 valence electrons. The van der Waals surface area contributed by atoms with Gasteiger partial charge < -0.3 is 10.6 Å². The van der Waals surface area contributed by atoms with Gasteiger partial charge >= 0.3 is 0 Å². The summed E-state index contributed by atoms with van der Waals surface area (Å²) >= 11 is 0. The van der Waals surface area contributed by atoms with Gasteiger partial charge in [-0.25, -0.2) is 4.39 Å². The molecule has 0 fully saturated rings. The van der Waals surface area contributed by atoms with Crippen LogP contribution in [0.4, 0.5) is 4.39 Å². The third-order valence-corrected chi connectivity index (χ3v) is 2.09. The molecule has 3 nitrogen and oxygen atoms in total. The van der Waals surface area contributed by atoms with Crippen LogP contribution in [-0.2, 0) is 4.79 Å². The van der Waals surface area contributed by atoms with Crippen LogP contribution in [0.1, 0.15) is 18.5 Å². The summed E-state index contributed by atoms with van der Waals surface area (Å²) in [5.41, 5.74) is 0.502. The van der Waals surface area contributed by atoms with Gasteiger partial charge in [-0.05, 0) is 20.0 Å². The Morgan fingerprint density at radius 3 is 2.73 bits per heavy atom. The molecule has 0 aliphatic rings. The lowest BCUT2D eigenvalue weighted by Gasteiger charge is -2.14. The Balaban J connectivity index is 2.65. The maximum absolute atomic E-state index is 13.3. The third kappa shape index (κ3) is 3.32. The number of nitrogens with one attached hydrogen (secondary N) is 2. The van der Waals surface area contributed by atoms with Crippen LogP contribution in [0.5, 0.6) is 0 Å². The van der Waals surface area contributed by atoms with Gasteiger partial charge in [0, 0.05) is 5.56 Å². The van der Waals surface area contributed by atoms with E-state index in [0.29, 0.717) is 5.56 Å². The standard InChI is InChI=1S/C11H15FN2O/c1-8(14-11(15)7-13-2)9-5-3-4-6-10(9)12/h3-6,8,13H,7H2,1-2H3,(H,14,15)/t8-/m1/s1. The van der Waals surface area contributed by atoms with E-state index < -0.39 is 0 Å². The number of hydrogen-bond donors (Lipinski definition) is 2. The summed E-state index contributed by atoms with van der Waals surface area (Å²) in [5.74, 6) is -0.442. The Morgan fingerprint density at radius 2 is 2.13 bits per heavy atom. The zero-order chi connectivity index (χ0) is 11.3. The van der Waals surface area contributed by atoms with E-state index in [1.54, 1.807) is 32.2 Å². The first-order valence-electron chi connectivity index (χ1n) is 4.83. The summed E-state index contributed by atoms with van der Waals surface area (Å²) in [6.07, 6.45) is 0. The van der Waals surface area contributed by atoms with Crippen LogP contribution in [0, 0.1) is 5.82 Å². The summed E-state index contributed by atoms with van der Waals surface area (Å²) in [4.78, 5) is 11.2. The molecule has 1 atom stereocenters. The van der Waals surface area contributed by atoms with Gasteiger partial charge in [0.2, 0.25) is 5.91 Å². The predicted octanol–water partition coefficient (Wildman–Crippen LogP) is 1.22. The van der Waals surface area contributed by atoms with Gasteiger partial charge in [0.05, 0.1) is 12.6 Å². The van der Waals surface area contributed by atoms with E-state index in [4.69, 9.17) is 0 Å². The molecule has 0 aliphatic carbocycles. The molecule has 1 aromatic rings. The molecule has 2 N–H and O–H groups in total. The van der Waals surface area contributed by atoms with Gasteiger partial charge in [0.15, 0.2) is 0 Å². The van der Waals surface area contributed by atoms with E-state index in [-0.39, 0.29) is 24.3 Å². The second-order valence-corrected chi connectivity index (χ2v) is 3.34. The lowest BCUT2D eigenvalue weighted by atomic mass is 10.1. The first-order chi connectivity index (χ1) is 7.15. The molecule has 0 aliphatic heterocycles. The highest BCUT2D eigenvalue weighted by Gasteiger charge is 2.11. The van der Waals surface area contributed by atoms with E-state index in [1.165, 1.54) is 6.07 Å². The highest BCUT2D eigenvalue weighted by Crippen LogP contribution is 2.15. The fraction of sp³-hybridized carbons (Fsp3) is 0.364. The van der Waals surface area contributed by atoms with Crippen LogP contribution in [0.3, 0.4) is 0 Å². The Bertz CT molecular complexity index is 341. The molecule has 0 heterocycles. The molecule has 1 amide bonds. The van der Waals surface area contributed by atoms with Crippen molar-refractivity contribution in [1.82, 2.24) is 10.6 Å². The van der Waals surface area contributed by atoms with Crippen molar-refractivity contribution < 1.29 is 9.18 Å². The number of carbonyl (C=O) groups excluding carboxylic acids is 1. The van der Waals surface area contributed by atoms with Crippen LogP contribution in [-0.4, -0.2) is 19.5 Å². The monoisotopic (exact) mass is 210 g/mol. The molecule has 1 rings (SSSR count). The van der Waals surface area contributed by atoms with Crippen molar-refractivity contribution in [3.8, 4) is 0 Å². The van der Waals surface area contributed by atoms with Crippen LogP contribution in [0.15, 0.2) is 24.3 Å². The molecule has 4 heteroatoms. The number of carbonyl (C=O) groups is 1. The fourth-order valence-electron chi connectivity index (χ4n) is 1.36. The van der Waals surface area contributed by atoms with Crippen LogP contribution in [0.25, 0.3) is 0 Å². The maximum atomic E-state index is 13.3. The summed E-state index contributed by atoms with van der Waals surface area (Å²) in [7, 11) is 1.69. The van der Waals surface area contributed by atoms with Crippen molar-refractivity contribution in [1.29, 1.82) is 0 Å². The number of benzene rings is 1. The number of halogens is 1. The SMILES string of the molecule is CNCC(=O)N[C@H](C)c1ccccc1F. The quantitative estimate of drug-likeness (QED) is 0.784. The zero-order valence-electron chi connectivity index (χ0n) is 8.88. The van der Waals surface area contributed by atoms with Gasteiger partial charge in [0.25, 0.3) is 0 Å². The number of hydrogen-bond acceptors (Lipinski definition) is 2. The molecule has 0 bridgehead atoms. The Kier molecular flexibility index (Phi) is 4.24. The minimum absolute atomic E-state index is 0.145. The van der Waals surface area contributed by atoms with Crippen molar-refractivity contribution in [3.63, 3.8) is 0 Å². The molecule has 0 saturated heterocycles. The van der Waals surface area contributed by atoms with Crippen molar-refractivity contribution in [2.24, 2.45) is 0 Å². The van der Waals surface area contributed by atoms with Gasteiger partial charge in [-0.1, -0.05) is 18.2 Å². The van der Waals surface area contributed by atoms with E-state index >= 15 is 0 Å². The summed E-state index contributed by atoms with van der Waals surface area (Å²) in [5, 5.41) is 5.43. The normalized spacial score (nSPS) is 12.2. The van der Waals surface area contributed by atoms with Crippen LogP contribution < -0.4 is 10.6 Å². The fourth-order valence-corrected chi connectivity index (χ4v) is 1.36. The van der Waals surface area contributed by atoms with Gasteiger partial charge in [0.1, 0.15) is 5.82 Å². The lowest BCUT2D eigenvalue weighted by molar-refractivity contribution is -0.120. The van der Waals surface area contributed by atoms with Crippen molar-refractivity contribution in [3.05, 3.63) is 35.6 Å². The smallest absolute Gasteiger partial charge is 0.234 e. The highest BCUT2D eigenvalue weighted by molar-refractivity contribution is 5.78. The van der Waals surface area contributed by atoms with E-state index in [9.17, 15) is 9.18 Å². The first-order valence-corrected chi connectivity index (χ1v) is 4.83. The molecular formula is C11H15FN2O. The first kappa shape index (κ1) is 11.7. The number of amides is 1. The van der Waals surface area contributed by atoms with Crippen molar-refractivity contribution >= 4 is 5.91 Å². The zero-order valence-corrected chi connectivity index (χ0v) is 8.88. The number of rotatable bonds is 4. The Hall–Kier alpha value is -1.42. The maximum Gasteiger partial charge on any atom is 0.234 e. The largest absolute Gasteiger partial charge is 0.348 e. The topological polar surface area (TPSA) is 41.1 Å². The van der Waals surface area contributed by atoms with Gasteiger partial charge in [-0.2, -0.15) is 0 Å².